The lowest BCUT2D eigenvalue weighted by molar-refractivity contribution is 1.15. The first kappa shape index (κ1) is 15.4. The first-order chi connectivity index (χ1) is 8.13. The molecular weight excluding hydrogens is 204 g/mol. The molecule has 0 N–H and O–H groups in total. The van der Waals surface area contributed by atoms with E-state index in [2.05, 4.69) is 44.3 Å². The molecule has 0 amide bonds. The first-order valence-corrected chi connectivity index (χ1v) is 6.16. The third-order valence-corrected chi connectivity index (χ3v) is 2.38. The van der Waals surface area contributed by atoms with Crippen LogP contribution in [0.3, 0.4) is 0 Å². The summed E-state index contributed by atoms with van der Waals surface area (Å²) in [6.45, 7) is 15.8. The van der Waals surface area contributed by atoms with Crippen LogP contribution in [0, 0.1) is 6.92 Å². The van der Waals surface area contributed by atoms with Crippen molar-refractivity contribution in [2.75, 3.05) is 0 Å². The lowest BCUT2D eigenvalue weighted by Crippen LogP contribution is -1.91. The average molecular weight is 228 g/mol. The number of hydrogen-bond donors (Lipinski definition) is 0. The molecule has 0 heteroatoms. The van der Waals surface area contributed by atoms with Gasteiger partial charge in [-0.3, -0.25) is 0 Å². The average Bonchev–Trinajstić information content (AvgIpc) is 2.34. The lowest BCUT2D eigenvalue weighted by Gasteiger charge is -2.06. The summed E-state index contributed by atoms with van der Waals surface area (Å²) < 4.78 is 0. The summed E-state index contributed by atoms with van der Waals surface area (Å²) in [5.41, 5.74) is 4.96. The number of hydrogen-bond acceptors (Lipinski definition) is 0. The highest BCUT2D eigenvalue weighted by Gasteiger charge is 1.99. The molecule has 0 unspecified atom stereocenters. The van der Waals surface area contributed by atoms with Gasteiger partial charge in [-0.1, -0.05) is 74.6 Å². The van der Waals surface area contributed by atoms with Gasteiger partial charge < -0.3 is 0 Å². The minimum atomic E-state index is 0.932. The lowest BCUT2D eigenvalue weighted by atomic mass is 9.99. The molecule has 1 aromatic carbocycles. The summed E-state index contributed by atoms with van der Waals surface area (Å²) in [7, 11) is 0. The smallest absolute Gasteiger partial charge is 0.00234 e. The van der Waals surface area contributed by atoms with Crippen molar-refractivity contribution >= 4 is 0 Å². The molecule has 0 nitrogen and oxygen atoms in total. The van der Waals surface area contributed by atoms with Crippen LogP contribution in [0.25, 0.3) is 0 Å². The number of rotatable bonds is 4. The molecule has 0 fully saturated rings. The predicted molar refractivity (Wildman–Crippen MR) is 79.3 cm³/mol. The van der Waals surface area contributed by atoms with Gasteiger partial charge in [0.25, 0.3) is 0 Å². The summed E-state index contributed by atoms with van der Waals surface area (Å²) in [6, 6.07) is 8.60. The minimum Gasteiger partial charge on any atom is -0.0991 e. The molecule has 17 heavy (non-hydrogen) atoms. The Morgan fingerprint density at radius 1 is 1.18 bits per heavy atom. The van der Waals surface area contributed by atoms with E-state index in [1.165, 1.54) is 16.7 Å². The Bertz CT molecular complexity index is 377. The van der Waals surface area contributed by atoms with Crippen molar-refractivity contribution in [2.24, 2.45) is 0 Å². The molecule has 0 aliphatic rings. The molecule has 1 aromatic rings. The zero-order valence-electron chi connectivity index (χ0n) is 11.6. The van der Waals surface area contributed by atoms with Crippen molar-refractivity contribution < 1.29 is 0 Å². The molecular formula is C17H24. The standard InChI is InChI=1S/C15H18.C2H6/c1-5-6-15(12(2)3)11-14-9-7-13(4)8-10-14;1-2/h5-10H,1-2,11H2,3-4H3;1-2H3/b15-6-;. The van der Waals surface area contributed by atoms with Crippen LogP contribution < -0.4 is 0 Å². The molecule has 0 saturated carbocycles. The summed E-state index contributed by atoms with van der Waals surface area (Å²) in [5.74, 6) is 0. The molecule has 0 heterocycles. The van der Waals surface area contributed by atoms with Crippen LogP contribution in [0.5, 0.6) is 0 Å². The van der Waals surface area contributed by atoms with E-state index in [1.807, 2.05) is 32.9 Å². The quantitative estimate of drug-likeness (QED) is 0.617. The third kappa shape index (κ3) is 5.91. The highest BCUT2D eigenvalue weighted by molar-refractivity contribution is 5.35. The van der Waals surface area contributed by atoms with Gasteiger partial charge in [-0.15, -0.1) is 0 Å². The second kappa shape index (κ2) is 8.58. The molecule has 0 aromatic heterocycles. The third-order valence-electron chi connectivity index (χ3n) is 2.38. The van der Waals surface area contributed by atoms with E-state index in [4.69, 9.17) is 0 Å². The topological polar surface area (TPSA) is 0 Å². The monoisotopic (exact) mass is 228 g/mol. The molecule has 0 atom stereocenters. The van der Waals surface area contributed by atoms with Gasteiger partial charge >= 0.3 is 0 Å². The van der Waals surface area contributed by atoms with Crippen LogP contribution in [0.15, 0.2) is 60.7 Å². The highest BCUT2D eigenvalue weighted by atomic mass is 14.0. The van der Waals surface area contributed by atoms with Crippen LogP contribution in [0.4, 0.5) is 0 Å². The summed E-state index contributed by atoms with van der Waals surface area (Å²) >= 11 is 0. The number of allylic oxidation sites excluding steroid dienone is 4. The van der Waals surface area contributed by atoms with Gasteiger partial charge in [-0.05, 0) is 31.4 Å². The fourth-order valence-corrected chi connectivity index (χ4v) is 1.42. The Morgan fingerprint density at radius 3 is 2.12 bits per heavy atom. The van der Waals surface area contributed by atoms with Crippen LogP contribution in [-0.2, 0) is 6.42 Å². The second-order valence-corrected chi connectivity index (χ2v) is 3.87. The fourth-order valence-electron chi connectivity index (χ4n) is 1.42. The maximum absolute atomic E-state index is 3.97. The van der Waals surface area contributed by atoms with Crippen molar-refractivity contribution in [2.45, 2.75) is 34.1 Å². The SMILES string of the molecule is C=C/C=C(/Cc1ccc(C)cc1)C(=C)C.CC. The van der Waals surface area contributed by atoms with Crippen molar-refractivity contribution in [1.82, 2.24) is 0 Å². The van der Waals surface area contributed by atoms with Gasteiger partial charge in [0.05, 0.1) is 0 Å². The van der Waals surface area contributed by atoms with Crippen LogP contribution >= 0.6 is 0 Å². The molecule has 0 radical (unpaired) electrons. The van der Waals surface area contributed by atoms with Gasteiger partial charge in [0.1, 0.15) is 0 Å². The first-order valence-electron chi connectivity index (χ1n) is 6.16. The minimum absolute atomic E-state index is 0.932. The van der Waals surface area contributed by atoms with E-state index in [0.29, 0.717) is 0 Å². The summed E-state index contributed by atoms with van der Waals surface area (Å²) in [5, 5.41) is 0. The molecule has 0 aliphatic carbocycles. The fraction of sp³-hybridized carbons (Fsp3) is 0.294. The van der Waals surface area contributed by atoms with Gasteiger partial charge in [-0.2, -0.15) is 0 Å². The van der Waals surface area contributed by atoms with Gasteiger partial charge in [-0.25, -0.2) is 0 Å². The van der Waals surface area contributed by atoms with Crippen LogP contribution in [-0.4, -0.2) is 0 Å². The largest absolute Gasteiger partial charge is 0.0991 e. The van der Waals surface area contributed by atoms with Crippen LogP contribution in [0.2, 0.25) is 0 Å². The summed E-state index contributed by atoms with van der Waals surface area (Å²) in [6.07, 6.45) is 4.78. The molecule has 0 aliphatic heterocycles. The maximum Gasteiger partial charge on any atom is -0.00234 e. The van der Waals surface area contributed by atoms with E-state index >= 15 is 0 Å². The van der Waals surface area contributed by atoms with Crippen LogP contribution in [0.1, 0.15) is 31.9 Å². The molecule has 0 spiro atoms. The zero-order valence-corrected chi connectivity index (χ0v) is 11.6. The second-order valence-electron chi connectivity index (χ2n) is 3.87. The van der Waals surface area contributed by atoms with E-state index in [-0.39, 0.29) is 0 Å². The highest BCUT2D eigenvalue weighted by Crippen LogP contribution is 2.15. The molecule has 1 rings (SSSR count). The Hall–Kier alpha value is -1.56. The predicted octanol–water partition coefficient (Wildman–Crippen LogP) is 5.25. The van der Waals surface area contributed by atoms with E-state index in [0.717, 1.165) is 12.0 Å². The van der Waals surface area contributed by atoms with Gasteiger partial charge in [0, 0.05) is 0 Å². The van der Waals surface area contributed by atoms with E-state index < -0.39 is 0 Å². The molecule has 92 valence electrons. The molecule has 0 bridgehead atoms. The number of benzene rings is 1. The van der Waals surface area contributed by atoms with Gasteiger partial charge in [0.2, 0.25) is 0 Å². The van der Waals surface area contributed by atoms with E-state index in [9.17, 15) is 0 Å². The normalized spacial score (nSPS) is 10.2. The molecule has 0 saturated heterocycles. The van der Waals surface area contributed by atoms with Crippen molar-refractivity contribution in [1.29, 1.82) is 0 Å². The van der Waals surface area contributed by atoms with Crippen molar-refractivity contribution in [3.63, 3.8) is 0 Å². The van der Waals surface area contributed by atoms with Crippen molar-refractivity contribution in [3.05, 3.63) is 71.8 Å². The van der Waals surface area contributed by atoms with E-state index in [1.54, 1.807) is 0 Å². The Morgan fingerprint density at radius 2 is 1.71 bits per heavy atom. The maximum atomic E-state index is 3.97. The Kier molecular flexibility index (Phi) is 7.79. The Balaban J connectivity index is 0.00000121. The summed E-state index contributed by atoms with van der Waals surface area (Å²) in [4.78, 5) is 0. The van der Waals surface area contributed by atoms with Crippen molar-refractivity contribution in [3.8, 4) is 0 Å². The number of aryl methyl sites for hydroxylation is 1. The van der Waals surface area contributed by atoms with Gasteiger partial charge in [0.15, 0.2) is 0 Å². The zero-order chi connectivity index (χ0) is 13.3. The Labute approximate surface area is 106 Å².